The number of aromatic nitrogens is 4. The van der Waals surface area contributed by atoms with Gasteiger partial charge >= 0.3 is 0 Å². The Morgan fingerprint density at radius 3 is 2.91 bits per heavy atom. The molecule has 0 saturated heterocycles. The average Bonchev–Trinajstić information content (AvgIpc) is 3.08. The molecule has 2 aromatic heterocycles. The molecular formula is C14H15N5O2S. The van der Waals surface area contributed by atoms with Crippen LogP contribution in [-0.4, -0.2) is 32.3 Å². The van der Waals surface area contributed by atoms with Crippen molar-refractivity contribution >= 4 is 27.3 Å². The molecule has 1 aromatic carbocycles. The molecule has 8 heteroatoms. The van der Waals surface area contributed by atoms with E-state index in [1.165, 1.54) is 11.3 Å². The highest BCUT2D eigenvalue weighted by Gasteiger charge is 2.13. The van der Waals surface area contributed by atoms with E-state index in [9.17, 15) is 4.79 Å². The van der Waals surface area contributed by atoms with Crippen LogP contribution in [0.3, 0.4) is 0 Å². The number of carbonyl (C=O) groups is 1. The summed E-state index contributed by atoms with van der Waals surface area (Å²) in [5.74, 6) is 1.20. The normalized spacial score (nSPS) is 10.8. The predicted octanol–water partition coefficient (Wildman–Crippen LogP) is 2.16. The summed E-state index contributed by atoms with van der Waals surface area (Å²) in [6, 6.07) is 9.19. The van der Waals surface area contributed by atoms with Crippen molar-refractivity contribution in [1.29, 1.82) is 0 Å². The van der Waals surface area contributed by atoms with Crippen LogP contribution in [0, 0.1) is 0 Å². The highest BCUT2D eigenvalue weighted by atomic mass is 32.1. The Morgan fingerprint density at radius 1 is 1.32 bits per heavy atom. The lowest BCUT2D eigenvalue weighted by Crippen LogP contribution is -2.20. The van der Waals surface area contributed by atoms with Crippen LogP contribution in [0.1, 0.15) is 19.2 Å². The molecule has 114 valence electrons. The molecule has 1 N–H and O–H groups in total. The molecule has 0 aliphatic carbocycles. The highest BCUT2D eigenvalue weighted by molar-refractivity contribution is 7.20. The van der Waals surface area contributed by atoms with Crippen molar-refractivity contribution < 1.29 is 9.53 Å². The number of ether oxygens (including phenoxy) is 1. The fourth-order valence-corrected chi connectivity index (χ4v) is 2.68. The molecule has 2 heterocycles. The van der Waals surface area contributed by atoms with E-state index < -0.39 is 0 Å². The smallest absolute Gasteiger partial charge is 0.264 e. The van der Waals surface area contributed by atoms with Crippen LogP contribution in [0.15, 0.2) is 30.3 Å². The van der Waals surface area contributed by atoms with Gasteiger partial charge < -0.3 is 4.74 Å². The van der Waals surface area contributed by atoms with E-state index in [0.29, 0.717) is 15.8 Å². The van der Waals surface area contributed by atoms with Crippen LogP contribution in [0.2, 0.25) is 0 Å². The van der Waals surface area contributed by atoms with E-state index in [1.807, 2.05) is 18.2 Å². The summed E-state index contributed by atoms with van der Waals surface area (Å²) in [6.07, 6.45) is 1.76. The predicted molar refractivity (Wildman–Crippen MR) is 83.2 cm³/mol. The zero-order valence-corrected chi connectivity index (χ0v) is 12.8. The lowest BCUT2D eigenvalue weighted by molar-refractivity contribution is -0.118. The molecule has 0 radical (unpaired) electrons. The molecule has 0 fully saturated rings. The Kier molecular flexibility index (Phi) is 4.29. The standard InChI is InChI=1S/C14H15N5O2S/c1-2-6-11-16-17-14-19(11)18-13(22-14)15-12(20)9-21-10-7-4-3-5-8-10/h3-5,7-8H,2,6,9H2,1H3,(H,15,18,20). The Morgan fingerprint density at radius 2 is 2.14 bits per heavy atom. The minimum Gasteiger partial charge on any atom is -0.484 e. The maximum Gasteiger partial charge on any atom is 0.264 e. The second-order valence-corrected chi connectivity index (χ2v) is 5.57. The number of rotatable bonds is 6. The SMILES string of the molecule is CCCc1nnc2sc(NC(=O)COc3ccccc3)nn12. The number of amides is 1. The zero-order chi connectivity index (χ0) is 15.4. The van der Waals surface area contributed by atoms with Crippen molar-refractivity contribution in [1.82, 2.24) is 19.8 Å². The number of anilines is 1. The van der Waals surface area contributed by atoms with Crippen LogP contribution in [-0.2, 0) is 11.2 Å². The van der Waals surface area contributed by atoms with E-state index in [4.69, 9.17) is 4.74 Å². The molecule has 3 rings (SSSR count). The summed E-state index contributed by atoms with van der Waals surface area (Å²) >= 11 is 1.28. The molecule has 0 spiro atoms. The van der Waals surface area contributed by atoms with Gasteiger partial charge in [-0.2, -0.15) is 4.52 Å². The van der Waals surface area contributed by atoms with Gasteiger partial charge in [0.25, 0.3) is 5.91 Å². The molecule has 22 heavy (non-hydrogen) atoms. The lowest BCUT2D eigenvalue weighted by Gasteiger charge is -2.04. The van der Waals surface area contributed by atoms with Crippen molar-refractivity contribution in [2.24, 2.45) is 0 Å². The number of para-hydroxylation sites is 1. The summed E-state index contributed by atoms with van der Waals surface area (Å²) in [7, 11) is 0. The van der Waals surface area contributed by atoms with Crippen molar-refractivity contribution in [2.45, 2.75) is 19.8 Å². The first-order chi connectivity index (χ1) is 10.8. The van der Waals surface area contributed by atoms with Crippen molar-refractivity contribution in [2.75, 3.05) is 11.9 Å². The first-order valence-electron chi connectivity index (χ1n) is 6.95. The number of nitrogens with one attached hydrogen (secondary N) is 1. The van der Waals surface area contributed by atoms with Crippen LogP contribution in [0.4, 0.5) is 5.13 Å². The van der Waals surface area contributed by atoms with Gasteiger partial charge in [-0.15, -0.1) is 15.3 Å². The third-order valence-corrected chi connectivity index (χ3v) is 3.70. The maximum absolute atomic E-state index is 11.9. The van der Waals surface area contributed by atoms with Gasteiger partial charge in [0, 0.05) is 6.42 Å². The molecule has 7 nitrogen and oxygen atoms in total. The minimum absolute atomic E-state index is 0.0635. The van der Waals surface area contributed by atoms with E-state index >= 15 is 0 Å². The monoisotopic (exact) mass is 317 g/mol. The largest absolute Gasteiger partial charge is 0.484 e. The second kappa shape index (κ2) is 6.52. The Labute approximate surface area is 130 Å². The third kappa shape index (κ3) is 3.22. The first-order valence-corrected chi connectivity index (χ1v) is 7.76. The molecular weight excluding hydrogens is 302 g/mol. The van der Waals surface area contributed by atoms with Gasteiger partial charge in [-0.1, -0.05) is 36.5 Å². The van der Waals surface area contributed by atoms with Gasteiger partial charge in [-0.05, 0) is 18.6 Å². The topological polar surface area (TPSA) is 81.4 Å². The Balaban J connectivity index is 1.61. The number of fused-ring (bicyclic) bond motifs is 1. The molecule has 0 saturated carbocycles. The van der Waals surface area contributed by atoms with Gasteiger partial charge in [-0.3, -0.25) is 10.1 Å². The van der Waals surface area contributed by atoms with Crippen molar-refractivity contribution in [3.8, 4) is 5.75 Å². The third-order valence-electron chi connectivity index (χ3n) is 2.89. The van der Waals surface area contributed by atoms with Gasteiger partial charge in [0.1, 0.15) is 5.75 Å². The van der Waals surface area contributed by atoms with Gasteiger partial charge in [0.2, 0.25) is 10.1 Å². The summed E-state index contributed by atoms with van der Waals surface area (Å²) in [5, 5.41) is 15.6. The lowest BCUT2D eigenvalue weighted by atomic mass is 10.3. The Hall–Kier alpha value is -2.48. The van der Waals surface area contributed by atoms with E-state index in [0.717, 1.165) is 18.7 Å². The number of benzene rings is 1. The minimum atomic E-state index is -0.258. The summed E-state index contributed by atoms with van der Waals surface area (Å²) in [6.45, 7) is 2.00. The van der Waals surface area contributed by atoms with Crippen LogP contribution in [0.25, 0.3) is 4.96 Å². The highest BCUT2D eigenvalue weighted by Crippen LogP contribution is 2.19. The molecule has 0 aliphatic rings. The van der Waals surface area contributed by atoms with E-state index in [2.05, 4.69) is 27.5 Å². The van der Waals surface area contributed by atoms with Crippen molar-refractivity contribution in [3.63, 3.8) is 0 Å². The average molecular weight is 317 g/mol. The van der Waals surface area contributed by atoms with Gasteiger partial charge in [0.15, 0.2) is 12.4 Å². The fraction of sp³-hybridized carbons (Fsp3) is 0.286. The quantitative estimate of drug-likeness (QED) is 0.753. The zero-order valence-electron chi connectivity index (χ0n) is 12.0. The molecule has 3 aromatic rings. The van der Waals surface area contributed by atoms with E-state index in [-0.39, 0.29) is 12.5 Å². The molecule has 0 bridgehead atoms. The number of hydrogen-bond donors (Lipinski definition) is 1. The Bertz CT molecular complexity index is 768. The summed E-state index contributed by atoms with van der Waals surface area (Å²) in [5.41, 5.74) is 0. The van der Waals surface area contributed by atoms with Gasteiger partial charge in [-0.25, -0.2) is 0 Å². The summed E-state index contributed by atoms with van der Waals surface area (Å²) < 4.78 is 7.06. The maximum atomic E-state index is 11.9. The van der Waals surface area contributed by atoms with Crippen LogP contribution >= 0.6 is 11.3 Å². The summed E-state index contributed by atoms with van der Waals surface area (Å²) in [4.78, 5) is 12.5. The molecule has 0 unspecified atom stereocenters. The van der Waals surface area contributed by atoms with E-state index in [1.54, 1.807) is 16.6 Å². The van der Waals surface area contributed by atoms with Crippen LogP contribution in [0.5, 0.6) is 5.75 Å². The number of aryl methyl sites for hydroxylation is 1. The molecule has 0 aliphatic heterocycles. The number of carbonyl (C=O) groups excluding carboxylic acids is 1. The van der Waals surface area contributed by atoms with Crippen LogP contribution < -0.4 is 10.1 Å². The second-order valence-electron chi connectivity index (χ2n) is 4.62. The van der Waals surface area contributed by atoms with Gasteiger partial charge in [0.05, 0.1) is 0 Å². The number of nitrogens with zero attached hydrogens (tertiary/aromatic N) is 4. The molecule has 0 atom stereocenters. The van der Waals surface area contributed by atoms with Crippen molar-refractivity contribution in [3.05, 3.63) is 36.2 Å². The fourth-order valence-electron chi connectivity index (χ4n) is 1.91. The number of hydrogen-bond acceptors (Lipinski definition) is 6. The molecule has 1 amide bonds. The first kappa shape index (κ1) is 14.5.